The quantitative estimate of drug-likeness (QED) is 0.661. The fourth-order valence-electron chi connectivity index (χ4n) is 4.66. The fourth-order valence-corrected chi connectivity index (χ4v) is 4.66. The summed E-state index contributed by atoms with van der Waals surface area (Å²) < 4.78 is 0. The van der Waals surface area contributed by atoms with E-state index in [4.69, 9.17) is 0 Å². The molecule has 2 aromatic rings. The molecule has 2 aliphatic heterocycles. The number of rotatable bonds is 7. The van der Waals surface area contributed by atoms with Crippen LogP contribution in [-0.4, -0.2) is 63.4 Å². The van der Waals surface area contributed by atoms with Gasteiger partial charge in [-0.25, -0.2) is 4.79 Å². The molecular weight excluding hydrogens is 418 g/mol. The number of carbonyl (C=O) groups is 3. The van der Waals surface area contributed by atoms with Gasteiger partial charge >= 0.3 is 6.03 Å². The van der Waals surface area contributed by atoms with Crippen LogP contribution < -0.4 is 0 Å². The van der Waals surface area contributed by atoms with E-state index in [0.29, 0.717) is 19.6 Å². The number of nitrogens with zero attached hydrogens (tertiary/aromatic N) is 3. The summed E-state index contributed by atoms with van der Waals surface area (Å²) >= 11 is 0. The van der Waals surface area contributed by atoms with E-state index >= 15 is 0 Å². The molecule has 33 heavy (non-hydrogen) atoms. The summed E-state index contributed by atoms with van der Waals surface area (Å²) in [6.07, 6.45) is 1.84. The number of benzene rings is 2. The van der Waals surface area contributed by atoms with Crippen molar-refractivity contribution >= 4 is 17.8 Å². The summed E-state index contributed by atoms with van der Waals surface area (Å²) in [5.41, 5.74) is 4.42. The van der Waals surface area contributed by atoms with E-state index in [1.54, 1.807) is 9.80 Å². The van der Waals surface area contributed by atoms with Gasteiger partial charge in [0.25, 0.3) is 11.8 Å². The molecule has 1 saturated heterocycles. The van der Waals surface area contributed by atoms with Gasteiger partial charge in [0.1, 0.15) is 6.54 Å². The van der Waals surface area contributed by atoms with Gasteiger partial charge in [0, 0.05) is 43.3 Å². The molecule has 0 radical (unpaired) electrons. The minimum Gasteiger partial charge on any atom is -0.396 e. The Hall–Kier alpha value is -3.19. The van der Waals surface area contributed by atoms with Crippen molar-refractivity contribution in [3.05, 3.63) is 59.2 Å². The lowest BCUT2D eigenvalue weighted by Gasteiger charge is -2.28. The number of aliphatic hydroxyl groups excluding tert-OH is 1. The van der Waals surface area contributed by atoms with Crippen molar-refractivity contribution in [3.63, 3.8) is 0 Å². The Morgan fingerprint density at radius 2 is 1.64 bits per heavy atom. The van der Waals surface area contributed by atoms with Crippen LogP contribution in [0.3, 0.4) is 0 Å². The van der Waals surface area contributed by atoms with Crippen molar-refractivity contribution in [3.8, 4) is 11.1 Å². The van der Waals surface area contributed by atoms with Crippen LogP contribution in [0.2, 0.25) is 0 Å². The minimum atomic E-state index is -0.340. The van der Waals surface area contributed by atoms with Crippen LogP contribution >= 0.6 is 0 Å². The van der Waals surface area contributed by atoms with Crippen LogP contribution in [0.15, 0.2) is 42.5 Å². The number of hydrogen-bond acceptors (Lipinski definition) is 4. The molecule has 0 unspecified atom stereocenters. The van der Waals surface area contributed by atoms with Crippen LogP contribution in [0.25, 0.3) is 11.1 Å². The molecular formula is C26H29N3O4. The highest BCUT2D eigenvalue weighted by Crippen LogP contribution is 2.32. The number of imide groups is 1. The summed E-state index contributed by atoms with van der Waals surface area (Å²) in [7, 11) is 0. The molecule has 0 aromatic heterocycles. The lowest BCUT2D eigenvalue weighted by molar-refractivity contribution is -0.125. The molecule has 7 nitrogen and oxygen atoms in total. The van der Waals surface area contributed by atoms with Crippen LogP contribution in [0, 0.1) is 5.41 Å². The maximum Gasteiger partial charge on any atom is 0.327 e. The molecule has 2 aromatic carbocycles. The Bertz CT molecular complexity index is 1120. The molecule has 4 amide bonds. The Kier molecular flexibility index (Phi) is 5.24. The molecule has 1 N–H and O–H groups in total. The molecule has 0 spiro atoms. The maximum absolute atomic E-state index is 12.8. The van der Waals surface area contributed by atoms with E-state index in [1.165, 1.54) is 4.90 Å². The molecule has 0 atom stereocenters. The van der Waals surface area contributed by atoms with Gasteiger partial charge in [-0.15, -0.1) is 0 Å². The minimum absolute atomic E-state index is 0.0125. The number of amides is 4. The van der Waals surface area contributed by atoms with E-state index in [2.05, 4.69) is 6.07 Å². The molecule has 3 aliphatic rings. The molecule has 2 heterocycles. The summed E-state index contributed by atoms with van der Waals surface area (Å²) in [4.78, 5) is 42.3. The predicted octanol–water partition coefficient (Wildman–Crippen LogP) is 3.25. The number of hydrogen-bond donors (Lipinski definition) is 1. The number of urea groups is 1. The smallest absolute Gasteiger partial charge is 0.327 e. The average Bonchev–Trinajstić information content (AvgIpc) is 3.52. The van der Waals surface area contributed by atoms with Gasteiger partial charge in [-0.05, 0) is 47.2 Å². The molecule has 172 valence electrons. The third-order valence-corrected chi connectivity index (χ3v) is 6.68. The summed E-state index contributed by atoms with van der Waals surface area (Å²) in [5.74, 6) is -0.0817. The second-order valence-electron chi connectivity index (χ2n) is 10.2. The first-order valence-electron chi connectivity index (χ1n) is 11.5. The Labute approximate surface area is 193 Å². The largest absolute Gasteiger partial charge is 0.396 e. The zero-order valence-corrected chi connectivity index (χ0v) is 19.1. The van der Waals surface area contributed by atoms with Crippen molar-refractivity contribution < 1.29 is 19.5 Å². The van der Waals surface area contributed by atoms with Gasteiger partial charge in [-0.2, -0.15) is 0 Å². The third kappa shape index (κ3) is 4.13. The third-order valence-electron chi connectivity index (χ3n) is 6.68. The van der Waals surface area contributed by atoms with Crippen molar-refractivity contribution in [2.24, 2.45) is 5.41 Å². The first-order valence-corrected chi connectivity index (χ1v) is 11.5. The van der Waals surface area contributed by atoms with E-state index in [-0.39, 0.29) is 42.5 Å². The van der Waals surface area contributed by atoms with Crippen molar-refractivity contribution in [1.29, 1.82) is 0 Å². The SMILES string of the molecule is CC(C)(CO)CN1Cc2cc(-c3ccc(CN4CC(=O)N(C5CC5)C4=O)cc3)ccc2C1=O. The van der Waals surface area contributed by atoms with Crippen LogP contribution in [0.5, 0.6) is 0 Å². The molecule has 0 bridgehead atoms. The summed E-state index contributed by atoms with van der Waals surface area (Å²) in [5, 5.41) is 9.55. The summed E-state index contributed by atoms with van der Waals surface area (Å²) in [6, 6.07) is 13.8. The van der Waals surface area contributed by atoms with Gasteiger partial charge < -0.3 is 14.9 Å². The standard InChI is InChI=1S/C26H29N3O4/c1-26(2,16-30)15-28-13-20-11-19(7-10-22(20)24(28)32)18-5-3-17(4-6-18)12-27-14-23(31)29(25(27)33)21-8-9-21/h3-7,10-11,21,30H,8-9,12-16H2,1-2H3. The van der Waals surface area contributed by atoms with Crippen LogP contribution in [0.4, 0.5) is 4.79 Å². The molecule has 1 saturated carbocycles. The number of fused-ring (bicyclic) bond motifs is 1. The van der Waals surface area contributed by atoms with Gasteiger partial charge in [0.15, 0.2) is 0 Å². The van der Waals surface area contributed by atoms with Crippen molar-refractivity contribution in [2.75, 3.05) is 19.7 Å². The van der Waals surface area contributed by atoms with Gasteiger partial charge in [0.2, 0.25) is 0 Å². The zero-order chi connectivity index (χ0) is 23.3. The highest BCUT2D eigenvalue weighted by molar-refractivity contribution is 6.02. The molecule has 2 fully saturated rings. The fraction of sp³-hybridized carbons (Fsp3) is 0.423. The lowest BCUT2D eigenvalue weighted by atomic mass is 9.94. The molecule has 1 aliphatic carbocycles. The molecule has 5 rings (SSSR count). The second-order valence-corrected chi connectivity index (χ2v) is 10.2. The van der Waals surface area contributed by atoms with E-state index < -0.39 is 0 Å². The predicted molar refractivity (Wildman–Crippen MR) is 123 cm³/mol. The van der Waals surface area contributed by atoms with E-state index in [0.717, 1.165) is 40.7 Å². The van der Waals surface area contributed by atoms with Gasteiger partial charge in [-0.3, -0.25) is 14.5 Å². The average molecular weight is 448 g/mol. The first-order chi connectivity index (χ1) is 15.8. The zero-order valence-electron chi connectivity index (χ0n) is 19.1. The Morgan fingerprint density at radius 3 is 2.30 bits per heavy atom. The van der Waals surface area contributed by atoms with Gasteiger partial charge in [0.05, 0.1) is 0 Å². The molecule has 7 heteroatoms. The highest BCUT2D eigenvalue weighted by atomic mass is 16.3. The Morgan fingerprint density at radius 1 is 0.939 bits per heavy atom. The van der Waals surface area contributed by atoms with E-state index in [9.17, 15) is 19.5 Å². The first kappa shape index (κ1) is 21.6. The lowest BCUT2D eigenvalue weighted by Crippen LogP contribution is -2.36. The van der Waals surface area contributed by atoms with Crippen molar-refractivity contribution in [2.45, 2.75) is 45.8 Å². The normalized spacial score (nSPS) is 18.5. The van der Waals surface area contributed by atoms with Gasteiger partial charge in [-0.1, -0.05) is 44.2 Å². The van der Waals surface area contributed by atoms with Crippen molar-refractivity contribution in [1.82, 2.24) is 14.7 Å². The summed E-state index contributed by atoms with van der Waals surface area (Å²) in [6.45, 7) is 5.56. The highest BCUT2D eigenvalue weighted by Gasteiger charge is 2.44. The van der Waals surface area contributed by atoms with Crippen LogP contribution in [-0.2, 0) is 17.9 Å². The topological polar surface area (TPSA) is 81.2 Å². The maximum atomic E-state index is 12.8. The number of carbonyl (C=O) groups excluding carboxylic acids is 3. The number of aliphatic hydroxyl groups is 1. The monoisotopic (exact) mass is 447 g/mol. The van der Waals surface area contributed by atoms with Crippen LogP contribution in [0.1, 0.15) is 48.2 Å². The van der Waals surface area contributed by atoms with E-state index in [1.807, 2.05) is 50.2 Å². The Balaban J connectivity index is 1.28. The second kappa shape index (κ2) is 7.99.